The van der Waals surface area contributed by atoms with Gasteiger partial charge in [-0.15, -0.1) is 0 Å². The van der Waals surface area contributed by atoms with Crippen LogP contribution in [0, 0.1) is 13.8 Å². The number of amides is 1. The van der Waals surface area contributed by atoms with Crippen LogP contribution in [0.1, 0.15) is 16.7 Å². The fourth-order valence-corrected chi connectivity index (χ4v) is 2.06. The fraction of sp³-hybridized carbons (Fsp3) is 0.278. The molecule has 2 aromatic rings. The maximum absolute atomic E-state index is 11.9. The van der Waals surface area contributed by atoms with E-state index >= 15 is 0 Å². The van der Waals surface area contributed by atoms with Gasteiger partial charge in [0.15, 0.2) is 6.61 Å². The average Bonchev–Trinajstić information content (AvgIpc) is 2.54. The molecule has 0 saturated carbocycles. The van der Waals surface area contributed by atoms with Gasteiger partial charge in [-0.25, -0.2) is 0 Å². The number of carbonyl (C=O) groups excluding carboxylic acids is 1. The first-order valence-electron chi connectivity index (χ1n) is 7.19. The van der Waals surface area contributed by atoms with Crippen molar-refractivity contribution >= 4 is 5.91 Å². The van der Waals surface area contributed by atoms with Gasteiger partial charge in [0.2, 0.25) is 0 Å². The summed E-state index contributed by atoms with van der Waals surface area (Å²) in [5, 5.41) is 2.84. The van der Waals surface area contributed by atoms with Gasteiger partial charge in [0.25, 0.3) is 5.91 Å². The van der Waals surface area contributed by atoms with Gasteiger partial charge in [-0.3, -0.25) is 4.79 Å². The smallest absolute Gasteiger partial charge is 0.258 e. The highest BCUT2D eigenvalue weighted by molar-refractivity contribution is 5.77. The lowest BCUT2D eigenvalue weighted by Gasteiger charge is -2.11. The van der Waals surface area contributed by atoms with E-state index < -0.39 is 0 Å². The van der Waals surface area contributed by atoms with Crippen molar-refractivity contribution in [3.63, 3.8) is 0 Å². The molecule has 0 bridgehead atoms. The van der Waals surface area contributed by atoms with E-state index in [2.05, 4.69) is 5.32 Å². The van der Waals surface area contributed by atoms with Gasteiger partial charge in [0, 0.05) is 6.54 Å². The molecule has 4 heteroatoms. The predicted octanol–water partition coefficient (Wildman–Crippen LogP) is 3.01. The topological polar surface area (TPSA) is 47.6 Å². The van der Waals surface area contributed by atoms with Crippen LogP contribution in [-0.4, -0.2) is 19.6 Å². The van der Waals surface area contributed by atoms with Gasteiger partial charge in [-0.2, -0.15) is 0 Å². The molecule has 116 valence electrons. The summed E-state index contributed by atoms with van der Waals surface area (Å²) in [5.41, 5.74) is 3.19. The zero-order chi connectivity index (χ0) is 15.9. The van der Waals surface area contributed by atoms with Crippen molar-refractivity contribution < 1.29 is 14.3 Å². The average molecular weight is 299 g/mol. The standard InChI is InChI=1S/C18H21NO3/c1-13-6-4-9-17(14(13)2)22-12-18(20)19-11-15-7-5-8-16(10-15)21-3/h4-10H,11-12H2,1-3H3,(H,19,20). The second kappa shape index (κ2) is 7.50. The molecule has 0 aliphatic heterocycles. The molecule has 1 N–H and O–H groups in total. The molecular formula is C18H21NO3. The highest BCUT2D eigenvalue weighted by Crippen LogP contribution is 2.20. The second-order valence-corrected chi connectivity index (χ2v) is 5.11. The molecule has 0 aromatic heterocycles. The van der Waals surface area contributed by atoms with Crippen molar-refractivity contribution in [3.05, 3.63) is 59.2 Å². The third-order valence-corrected chi connectivity index (χ3v) is 3.54. The monoisotopic (exact) mass is 299 g/mol. The van der Waals surface area contributed by atoms with E-state index in [1.165, 1.54) is 0 Å². The van der Waals surface area contributed by atoms with Crippen molar-refractivity contribution in [1.82, 2.24) is 5.32 Å². The first-order chi connectivity index (χ1) is 10.6. The minimum absolute atomic E-state index is 0.00820. The Morgan fingerprint density at radius 3 is 2.68 bits per heavy atom. The first kappa shape index (κ1) is 15.9. The molecule has 0 unspecified atom stereocenters. The van der Waals surface area contributed by atoms with Gasteiger partial charge in [-0.1, -0.05) is 24.3 Å². The van der Waals surface area contributed by atoms with Crippen LogP contribution in [0.2, 0.25) is 0 Å². The minimum atomic E-state index is -0.149. The van der Waals surface area contributed by atoms with E-state index in [-0.39, 0.29) is 12.5 Å². The Bertz CT molecular complexity index is 653. The van der Waals surface area contributed by atoms with Crippen molar-refractivity contribution in [2.75, 3.05) is 13.7 Å². The lowest BCUT2D eigenvalue weighted by molar-refractivity contribution is -0.123. The van der Waals surface area contributed by atoms with Crippen LogP contribution >= 0.6 is 0 Å². The van der Waals surface area contributed by atoms with Crippen LogP contribution in [-0.2, 0) is 11.3 Å². The fourth-order valence-electron chi connectivity index (χ4n) is 2.06. The highest BCUT2D eigenvalue weighted by atomic mass is 16.5. The highest BCUT2D eigenvalue weighted by Gasteiger charge is 2.06. The van der Waals surface area contributed by atoms with Gasteiger partial charge in [-0.05, 0) is 48.7 Å². The second-order valence-electron chi connectivity index (χ2n) is 5.11. The number of hydrogen-bond acceptors (Lipinski definition) is 3. The van der Waals surface area contributed by atoms with Crippen molar-refractivity contribution in [1.29, 1.82) is 0 Å². The molecule has 0 aliphatic rings. The number of benzene rings is 2. The molecule has 4 nitrogen and oxygen atoms in total. The van der Waals surface area contributed by atoms with Gasteiger partial charge in [0.1, 0.15) is 11.5 Å². The van der Waals surface area contributed by atoms with Crippen LogP contribution in [0.4, 0.5) is 0 Å². The van der Waals surface area contributed by atoms with Crippen LogP contribution in [0.25, 0.3) is 0 Å². The number of rotatable bonds is 6. The quantitative estimate of drug-likeness (QED) is 0.892. The summed E-state index contributed by atoms with van der Waals surface area (Å²) < 4.78 is 10.7. The molecule has 0 radical (unpaired) electrons. The Kier molecular flexibility index (Phi) is 5.42. The van der Waals surface area contributed by atoms with Crippen LogP contribution < -0.4 is 14.8 Å². The summed E-state index contributed by atoms with van der Waals surface area (Å²) in [6.45, 7) is 4.46. The van der Waals surface area contributed by atoms with E-state index in [0.717, 1.165) is 28.2 Å². The molecule has 1 amide bonds. The van der Waals surface area contributed by atoms with E-state index in [1.807, 2.05) is 56.3 Å². The van der Waals surface area contributed by atoms with Crippen LogP contribution in [0.5, 0.6) is 11.5 Å². The third kappa shape index (κ3) is 4.25. The van der Waals surface area contributed by atoms with Crippen LogP contribution in [0.3, 0.4) is 0 Å². The van der Waals surface area contributed by atoms with Crippen LogP contribution in [0.15, 0.2) is 42.5 Å². The van der Waals surface area contributed by atoms with Crippen molar-refractivity contribution in [2.24, 2.45) is 0 Å². The number of nitrogens with one attached hydrogen (secondary N) is 1. The molecule has 22 heavy (non-hydrogen) atoms. The number of hydrogen-bond donors (Lipinski definition) is 1. The third-order valence-electron chi connectivity index (χ3n) is 3.54. The van der Waals surface area contributed by atoms with E-state index in [4.69, 9.17) is 9.47 Å². The summed E-state index contributed by atoms with van der Waals surface area (Å²) in [5.74, 6) is 1.37. The van der Waals surface area contributed by atoms with Gasteiger partial charge in [0.05, 0.1) is 7.11 Å². The number of carbonyl (C=O) groups is 1. The Morgan fingerprint density at radius 1 is 1.14 bits per heavy atom. The Morgan fingerprint density at radius 2 is 1.91 bits per heavy atom. The molecule has 0 heterocycles. The molecule has 2 rings (SSSR count). The summed E-state index contributed by atoms with van der Waals surface area (Å²) in [6, 6.07) is 13.4. The predicted molar refractivity (Wildman–Crippen MR) is 86.3 cm³/mol. The summed E-state index contributed by atoms with van der Waals surface area (Å²) in [7, 11) is 1.62. The zero-order valence-electron chi connectivity index (χ0n) is 13.2. The number of methoxy groups -OCH3 is 1. The summed E-state index contributed by atoms with van der Waals surface area (Å²) in [4.78, 5) is 11.9. The normalized spacial score (nSPS) is 10.1. The molecular weight excluding hydrogens is 278 g/mol. The maximum atomic E-state index is 11.9. The van der Waals surface area contributed by atoms with Gasteiger partial charge < -0.3 is 14.8 Å². The first-order valence-corrected chi connectivity index (χ1v) is 7.19. The Labute approximate surface area is 131 Å². The molecule has 0 spiro atoms. The van der Waals surface area contributed by atoms with Gasteiger partial charge >= 0.3 is 0 Å². The lowest BCUT2D eigenvalue weighted by atomic mass is 10.1. The Hall–Kier alpha value is -2.49. The molecule has 0 saturated heterocycles. The Balaban J connectivity index is 1.84. The molecule has 0 aliphatic carbocycles. The SMILES string of the molecule is COc1cccc(CNC(=O)COc2cccc(C)c2C)c1. The van der Waals surface area contributed by atoms with E-state index in [9.17, 15) is 4.79 Å². The summed E-state index contributed by atoms with van der Waals surface area (Å²) in [6.07, 6.45) is 0. The minimum Gasteiger partial charge on any atom is -0.497 e. The van der Waals surface area contributed by atoms with E-state index in [1.54, 1.807) is 7.11 Å². The lowest BCUT2D eigenvalue weighted by Crippen LogP contribution is -2.28. The van der Waals surface area contributed by atoms with Crippen molar-refractivity contribution in [2.45, 2.75) is 20.4 Å². The largest absolute Gasteiger partial charge is 0.497 e. The molecule has 2 aromatic carbocycles. The number of aryl methyl sites for hydroxylation is 1. The van der Waals surface area contributed by atoms with E-state index in [0.29, 0.717) is 6.54 Å². The maximum Gasteiger partial charge on any atom is 0.258 e. The number of ether oxygens (including phenoxy) is 2. The zero-order valence-corrected chi connectivity index (χ0v) is 13.2. The molecule has 0 fully saturated rings. The summed E-state index contributed by atoms with van der Waals surface area (Å²) >= 11 is 0. The van der Waals surface area contributed by atoms with Crippen molar-refractivity contribution in [3.8, 4) is 11.5 Å². The molecule has 0 atom stereocenters.